The molecule has 0 spiro atoms. The Balaban J connectivity index is 1.49. The lowest BCUT2D eigenvalue weighted by molar-refractivity contribution is -0.141. The number of aryl methyl sites for hydroxylation is 1. The largest absolute Gasteiger partial charge is 0.433 e. The van der Waals surface area contributed by atoms with Crippen LogP contribution in [0.4, 0.5) is 24.7 Å². The maximum atomic E-state index is 13.1. The van der Waals surface area contributed by atoms with Crippen LogP contribution in [0.3, 0.4) is 0 Å². The van der Waals surface area contributed by atoms with Gasteiger partial charge in [-0.05, 0) is 78.8 Å². The summed E-state index contributed by atoms with van der Waals surface area (Å²) in [5, 5.41) is 12.2. The number of amides is 1. The molecular weight excluding hydrogens is 497 g/mol. The summed E-state index contributed by atoms with van der Waals surface area (Å²) < 4.78 is 44.8. The highest BCUT2D eigenvalue weighted by Crippen LogP contribution is 2.58. The minimum absolute atomic E-state index is 0.00898. The van der Waals surface area contributed by atoms with Crippen molar-refractivity contribution in [1.82, 2.24) is 9.97 Å². The summed E-state index contributed by atoms with van der Waals surface area (Å²) in [6.07, 6.45) is -1.74. The number of nitrogens with one attached hydrogen (secondary N) is 1. The van der Waals surface area contributed by atoms with Gasteiger partial charge in [-0.15, -0.1) is 0 Å². The molecule has 0 radical (unpaired) electrons. The highest BCUT2D eigenvalue weighted by molar-refractivity contribution is 6.04. The standard InChI is InChI=1S/C28H29F3N4O3/c1-17-3-4-21(33-26(37)18-5-7-32-24(11-18)28(29,30)31)14-22(17)19-12-23(27-6-10-38-16-20(27)15-27)34-25(13-19)35(2)8-9-36/h3-5,7,11-14,20,36H,6,8-10,15-16H2,1-2H3,(H,33,37). The van der Waals surface area contributed by atoms with Gasteiger partial charge in [0.2, 0.25) is 0 Å². The second-order valence-electron chi connectivity index (χ2n) is 10.0. The van der Waals surface area contributed by atoms with Crippen molar-refractivity contribution in [2.24, 2.45) is 5.92 Å². The monoisotopic (exact) mass is 526 g/mol. The summed E-state index contributed by atoms with van der Waals surface area (Å²) >= 11 is 0. The Bertz CT molecular complexity index is 1360. The molecule has 1 saturated carbocycles. The zero-order chi connectivity index (χ0) is 27.1. The van der Waals surface area contributed by atoms with E-state index < -0.39 is 17.8 Å². The molecular formula is C28H29F3N4O3. The van der Waals surface area contributed by atoms with Crippen molar-refractivity contribution in [2.75, 3.05) is 43.6 Å². The maximum absolute atomic E-state index is 13.1. The zero-order valence-electron chi connectivity index (χ0n) is 21.2. The number of ether oxygens (including phenoxy) is 1. The van der Waals surface area contributed by atoms with E-state index in [4.69, 9.17) is 9.72 Å². The third kappa shape index (κ3) is 5.10. The molecule has 3 aromatic rings. The van der Waals surface area contributed by atoms with Crippen LogP contribution in [0.2, 0.25) is 0 Å². The maximum Gasteiger partial charge on any atom is 0.433 e. The molecule has 2 atom stereocenters. The van der Waals surface area contributed by atoms with E-state index in [2.05, 4.69) is 16.4 Å². The molecule has 0 bridgehead atoms. The first kappa shape index (κ1) is 26.1. The Morgan fingerprint density at radius 2 is 2.05 bits per heavy atom. The molecule has 1 amide bonds. The highest BCUT2D eigenvalue weighted by atomic mass is 19.4. The van der Waals surface area contributed by atoms with Gasteiger partial charge in [0.05, 0.1) is 18.9 Å². The van der Waals surface area contributed by atoms with Crippen LogP contribution in [0.15, 0.2) is 48.7 Å². The first-order valence-corrected chi connectivity index (χ1v) is 12.5. The lowest BCUT2D eigenvalue weighted by atomic mass is 9.90. The number of aliphatic hydroxyl groups is 1. The normalized spacial score (nSPS) is 20.5. The van der Waals surface area contributed by atoms with Crippen LogP contribution in [0, 0.1) is 12.8 Å². The molecule has 10 heteroatoms. The van der Waals surface area contributed by atoms with Gasteiger partial charge in [0.15, 0.2) is 0 Å². The number of alkyl halides is 3. The fourth-order valence-corrected chi connectivity index (χ4v) is 5.15. The van der Waals surface area contributed by atoms with Crippen LogP contribution < -0.4 is 10.2 Å². The van der Waals surface area contributed by atoms with Crippen molar-refractivity contribution >= 4 is 17.4 Å². The van der Waals surface area contributed by atoms with Crippen molar-refractivity contribution in [3.05, 3.63) is 71.2 Å². The highest BCUT2D eigenvalue weighted by Gasteiger charge is 2.57. The van der Waals surface area contributed by atoms with E-state index in [1.165, 1.54) is 6.07 Å². The number of anilines is 2. The number of aliphatic hydroxyl groups excluding tert-OH is 1. The Morgan fingerprint density at radius 1 is 1.24 bits per heavy atom. The van der Waals surface area contributed by atoms with Gasteiger partial charge in [-0.2, -0.15) is 13.2 Å². The predicted molar refractivity (Wildman–Crippen MR) is 137 cm³/mol. The van der Waals surface area contributed by atoms with Gasteiger partial charge < -0.3 is 20.1 Å². The van der Waals surface area contributed by atoms with Gasteiger partial charge in [0.25, 0.3) is 5.91 Å². The van der Waals surface area contributed by atoms with Gasteiger partial charge in [-0.25, -0.2) is 4.98 Å². The molecule has 1 saturated heterocycles. The Morgan fingerprint density at radius 3 is 2.79 bits per heavy atom. The van der Waals surface area contributed by atoms with Gasteiger partial charge >= 0.3 is 6.18 Å². The topological polar surface area (TPSA) is 87.6 Å². The number of carbonyl (C=O) groups excluding carboxylic acids is 1. The predicted octanol–water partition coefficient (Wildman–Crippen LogP) is 4.83. The van der Waals surface area contributed by atoms with Gasteiger partial charge in [0, 0.05) is 43.1 Å². The molecule has 2 fully saturated rings. The molecule has 200 valence electrons. The van der Waals surface area contributed by atoms with E-state index in [9.17, 15) is 23.1 Å². The lowest BCUT2D eigenvalue weighted by Gasteiger charge is -2.25. The molecule has 7 nitrogen and oxygen atoms in total. The average molecular weight is 527 g/mol. The number of hydrogen-bond donors (Lipinski definition) is 2. The summed E-state index contributed by atoms with van der Waals surface area (Å²) in [6, 6.07) is 11.4. The number of pyridine rings is 2. The molecule has 38 heavy (non-hydrogen) atoms. The van der Waals surface area contributed by atoms with Crippen molar-refractivity contribution in [3.63, 3.8) is 0 Å². The molecule has 1 aliphatic heterocycles. The summed E-state index contributed by atoms with van der Waals surface area (Å²) in [7, 11) is 1.88. The summed E-state index contributed by atoms with van der Waals surface area (Å²) in [5.41, 5.74) is 2.94. The van der Waals surface area contributed by atoms with Crippen LogP contribution >= 0.6 is 0 Å². The summed E-state index contributed by atoms with van der Waals surface area (Å²) in [5.74, 6) is 0.514. The molecule has 2 unspecified atom stereocenters. The van der Waals surface area contributed by atoms with Crippen LogP contribution in [0.25, 0.3) is 11.1 Å². The Kier molecular flexibility index (Phi) is 6.87. The minimum Gasteiger partial charge on any atom is -0.395 e. The van der Waals surface area contributed by atoms with Crippen molar-refractivity contribution in [1.29, 1.82) is 0 Å². The zero-order valence-corrected chi connectivity index (χ0v) is 21.2. The van der Waals surface area contributed by atoms with Crippen molar-refractivity contribution in [3.8, 4) is 11.1 Å². The first-order valence-electron chi connectivity index (χ1n) is 12.5. The Labute approximate surface area is 218 Å². The average Bonchev–Trinajstić information content (AvgIpc) is 3.65. The van der Waals surface area contributed by atoms with E-state index in [0.717, 1.165) is 59.9 Å². The third-order valence-corrected chi connectivity index (χ3v) is 7.51. The van der Waals surface area contributed by atoms with E-state index in [-0.39, 0.29) is 17.6 Å². The number of benzene rings is 1. The first-order chi connectivity index (χ1) is 18.1. The fraction of sp³-hybridized carbons (Fsp3) is 0.393. The Hall–Kier alpha value is -3.50. The molecule has 2 N–H and O–H groups in total. The molecule has 5 rings (SSSR count). The fourth-order valence-electron chi connectivity index (χ4n) is 5.15. The molecule has 1 aromatic carbocycles. The number of carbonyl (C=O) groups is 1. The summed E-state index contributed by atoms with van der Waals surface area (Å²) in [6.45, 7) is 3.79. The van der Waals surface area contributed by atoms with E-state index in [1.807, 2.05) is 37.1 Å². The summed E-state index contributed by atoms with van der Waals surface area (Å²) in [4.78, 5) is 23.0. The van der Waals surface area contributed by atoms with E-state index >= 15 is 0 Å². The van der Waals surface area contributed by atoms with Crippen molar-refractivity contribution < 1.29 is 27.8 Å². The molecule has 3 heterocycles. The second-order valence-corrected chi connectivity index (χ2v) is 10.0. The number of fused-ring (bicyclic) bond motifs is 1. The van der Waals surface area contributed by atoms with Gasteiger partial charge in [-0.1, -0.05) is 6.07 Å². The van der Waals surface area contributed by atoms with E-state index in [1.54, 1.807) is 6.07 Å². The van der Waals surface area contributed by atoms with Crippen LogP contribution in [0.5, 0.6) is 0 Å². The molecule has 2 aromatic heterocycles. The number of halogens is 3. The van der Waals surface area contributed by atoms with Crippen LogP contribution in [0.1, 0.15) is 40.2 Å². The minimum atomic E-state index is -4.64. The SMILES string of the molecule is Cc1ccc(NC(=O)c2ccnc(C(F)(F)F)c2)cc1-c1cc(N(C)CCO)nc(C23CCOCC2C3)c1. The number of likely N-dealkylation sites (N-methyl/N-ethyl adjacent to an activating group) is 1. The molecule has 2 aliphatic rings. The smallest absolute Gasteiger partial charge is 0.395 e. The number of nitrogens with zero attached hydrogens (tertiary/aromatic N) is 3. The number of hydrogen-bond acceptors (Lipinski definition) is 6. The number of aromatic nitrogens is 2. The van der Waals surface area contributed by atoms with Gasteiger partial charge in [-0.3, -0.25) is 9.78 Å². The third-order valence-electron chi connectivity index (χ3n) is 7.51. The second kappa shape index (κ2) is 9.99. The molecule has 1 aliphatic carbocycles. The quantitative estimate of drug-likeness (QED) is 0.459. The van der Waals surface area contributed by atoms with E-state index in [0.29, 0.717) is 24.8 Å². The van der Waals surface area contributed by atoms with Crippen LogP contribution in [-0.4, -0.2) is 54.4 Å². The lowest BCUT2D eigenvalue weighted by Crippen LogP contribution is -2.26. The van der Waals surface area contributed by atoms with Gasteiger partial charge in [0.1, 0.15) is 11.5 Å². The van der Waals surface area contributed by atoms with Crippen LogP contribution in [-0.2, 0) is 16.3 Å². The number of rotatable bonds is 7. The van der Waals surface area contributed by atoms with Crippen molar-refractivity contribution in [2.45, 2.75) is 31.4 Å².